The topological polar surface area (TPSA) is 46.3 Å². The summed E-state index contributed by atoms with van der Waals surface area (Å²) < 4.78 is 0. The molecule has 1 saturated heterocycles. The van der Waals surface area contributed by atoms with Gasteiger partial charge in [-0.15, -0.1) is 0 Å². The summed E-state index contributed by atoms with van der Waals surface area (Å²) in [6.07, 6.45) is 0.879. The maximum Gasteiger partial charge on any atom is 0.254 e. The highest BCUT2D eigenvalue weighted by molar-refractivity contribution is 5.96. The van der Waals surface area contributed by atoms with Crippen molar-refractivity contribution in [3.63, 3.8) is 0 Å². The second-order valence-corrected chi connectivity index (χ2v) is 6.36. The molecule has 3 nitrogen and oxygen atoms in total. The lowest BCUT2D eigenvalue weighted by Gasteiger charge is -2.42. The largest absolute Gasteiger partial charge is 0.338 e. The number of hydrogen-bond acceptors (Lipinski definition) is 2. The van der Waals surface area contributed by atoms with Crippen molar-refractivity contribution in [3.05, 3.63) is 34.9 Å². The summed E-state index contributed by atoms with van der Waals surface area (Å²) in [5, 5.41) is 0. The second-order valence-electron chi connectivity index (χ2n) is 6.36. The highest BCUT2D eigenvalue weighted by Gasteiger charge is 2.35. The van der Waals surface area contributed by atoms with Crippen molar-refractivity contribution in [3.8, 4) is 0 Å². The number of carbonyl (C=O) groups is 1. The van der Waals surface area contributed by atoms with E-state index in [0.29, 0.717) is 0 Å². The molecule has 1 aromatic rings. The Balaban J connectivity index is 2.23. The molecule has 0 radical (unpaired) electrons. The Morgan fingerprint density at radius 3 is 2.68 bits per heavy atom. The van der Waals surface area contributed by atoms with Gasteiger partial charge >= 0.3 is 0 Å². The van der Waals surface area contributed by atoms with Crippen molar-refractivity contribution in [2.24, 2.45) is 11.1 Å². The molecule has 1 fully saturated rings. The Kier molecular flexibility index (Phi) is 3.68. The summed E-state index contributed by atoms with van der Waals surface area (Å²) in [6.45, 7) is 9.84. The van der Waals surface area contributed by atoms with Crippen LogP contribution in [0.4, 0.5) is 0 Å². The number of piperidine rings is 1. The summed E-state index contributed by atoms with van der Waals surface area (Å²) in [5.74, 6) is 0.140. The van der Waals surface area contributed by atoms with Gasteiger partial charge in [0.15, 0.2) is 0 Å². The standard InChI is InChI=1S/C16H24N2O/c1-11-6-5-7-13(12(11)2)15(19)18-9-8-14(17)16(3,4)10-18/h5-7,14H,8-10,17H2,1-4H3. The van der Waals surface area contributed by atoms with Crippen LogP contribution >= 0.6 is 0 Å². The molecule has 0 aromatic heterocycles. The van der Waals surface area contributed by atoms with Crippen LogP contribution in [-0.2, 0) is 0 Å². The molecule has 3 heteroatoms. The van der Waals surface area contributed by atoms with E-state index in [-0.39, 0.29) is 17.4 Å². The van der Waals surface area contributed by atoms with E-state index in [1.165, 1.54) is 5.56 Å². The Labute approximate surface area is 115 Å². The fraction of sp³-hybridized carbons (Fsp3) is 0.562. The van der Waals surface area contributed by atoms with Crippen molar-refractivity contribution in [2.45, 2.75) is 40.2 Å². The molecule has 19 heavy (non-hydrogen) atoms. The number of carbonyl (C=O) groups excluding carboxylic acids is 1. The predicted octanol–water partition coefficient (Wildman–Crippen LogP) is 2.50. The minimum atomic E-state index is -0.00829. The fourth-order valence-corrected chi connectivity index (χ4v) is 2.70. The molecular formula is C16H24N2O. The van der Waals surface area contributed by atoms with Gasteiger partial charge in [-0.05, 0) is 42.9 Å². The molecule has 0 saturated carbocycles. The van der Waals surface area contributed by atoms with Crippen LogP contribution in [0.15, 0.2) is 18.2 Å². The molecule has 1 heterocycles. The SMILES string of the molecule is Cc1cccc(C(=O)N2CCC(N)C(C)(C)C2)c1C. The van der Waals surface area contributed by atoms with E-state index in [0.717, 1.165) is 30.6 Å². The molecule has 2 N–H and O–H groups in total. The first kappa shape index (κ1) is 14.1. The first-order chi connectivity index (χ1) is 8.83. The van der Waals surface area contributed by atoms with Crippen LogP contribution in [0.2, 0.25) is 0 Å². The minimum absolute atomic E-state index is 0.00829. The van der Waals surface area contributed by atoms with E-state index in [9.17, 15) is 4.79 Å². The van der Waals surface area contributed by atoms with Crippen LogP contribution < -0.4 is 5.73 Å². The molecular weight excluding hydrogens is 236 g/mol. The smallest absolute Gasteiger partial charge is 0.254 e. The van der Waals surface area contributed by atoms with Gasteiger partial charge in [-0.1, -0.05) is 26.0 Å². The molecule has 2 rings (SSSR count). The Morgan fingerprint density at radius 1 is 1.37 bits per heavy atom. The zero-order valence-electron chi connectivity index (χ0n) is 12.4. The molecule has 1 amide bonds. The summed E-state index contributed by atoms with van der Waals surface area (Å²) in [5.41, 5.74) is 9.20. The van der Waals surface area contributed by atoms with Gasteiger partial charge in [-0.2, -0.15) is 0 Å². The van der Waals surface area contributed by atoms with Crippen LogP contribution in [0, 0.1) is 19.3 Å². The third-order valence-electron chi connectivity index (χ3n) is 4.43. The second kappa shape index (κ2) is 4.97. The molecule has 1 aromatic carbocycles. The van der Waals surface area contributed by atoms with Crippen LogP contribution in [0.5, 0.6) is 0 Å². The Hall–Kier alpha value is -1.35. The molecule has 1 aliphatic rings. The van der Waals surface area contributed by atoms with E-state index < -0.39 is 0 Å². The number of likely N-dealkylation sites (tertiary alicyclic amines) is 1. The number of hydrogen-bond donors (Lipinski definition) is 1. The van der Waals surface area contributed by atoms with Gasteiger partial charge in [0.25, 0.3) is 5.91 Å². The predicted molar refractivity (Wildman–Crippen MR) is 78.2 cm³/mol. The zero-order chi connectivity index (χ0) is 14.2. The monoisotopic (exact) mass is 260 g/mol. The molecule has 104 valence electrons. The fourth-order valence-electron chi connectivity index (χ4n) is 2.70. The van der Waals surface area contributed by atoms with Gasteiger partial charge < -0.3 is 10.6 Å². The van der Waals surface area contributed by atoms with Crippen LogP contribution in [-0.4, -0.2) is 29.9 Å². The van der Waals surface area contributed by atoms with Crippen molar-refractivity contribution in [2.75, 3.05) is 13.1 Å². The van der Waals surface area contributed by atoms with Crippen molar-refractivity contribution >= 4 is 5.91 Å². The number of aryl methyl sites for hydroxylation is 1. The van der Waals surface area contributed by atoms with Gasteiger partial charge in [0, 0.05) is 24.7 Å². The van der Waals surface area contributed by atoms with E-state index in [1.807, 2.05) is 36.9 Å². The van der Waals surface area contributed by atoms with E-state index >= 15 is 0 Å². The van der Waals surface area contributed by atoms with Crippen LogP contribution in [0.3, 0.4) is 0 Å². The number of rotatable bonds is 1. The molecule has 0 spiro atoms. The lowest BCUT2D eigenvalue weighted by Crippen LogP contribution is -2.54. The van der Waals surface area contributed by atoms with Gasteiger partial charge in [-0.25, -0.2) is 0 Å². The van der Waals surface area contributed by atoms with E-state index in [1.54, 1.807) is 0 Å². The summed E-state index contributed by atoms with van der Waals surface area (Å²) >= 11 is 0. The number of benzene rings is 1. The third kappa shape index (κ3) is 2.66. The van der Waals surface area contributed by atoms with E-state index in [4.69, 9.17) is 5.73 Å². The van der Waals surface area contributed by atoms with Gasteiger partial charge in [0.2, 0.25) is 0 Å². The summed E-state index contributed by atoms with van der Waals surface area (Å²) in [6, 6.07) is 6.10. The van der Waals surface area contributed by atoms with Crippen LogP contribution in [0.1, 0.15) is 41.8 Å². The molecule has 1 unspecified atom stereocenters. The van der Waals surface area contributed by atoms with Gasteiger partial charge in [0.05, 0.1) is 0 Å². The van der Waals surface area contributed by atoms with Gasteiger partial charge in [0.1, 0.15) is 0 Å². The number of amides is 1. The Morgan fingerprint density at radius 2 is 2.05 bits per heavy atom. The van der Waals surface area contributed by atoms with Crippen LogP contribution in [0.25, 0.3) is 0 Å². The zero-order valence-corrected chi connectivity index (χ0v) is 12.4. The number of nitrogens with zero attached hydrogens (tertiary/aromatic N) is 1. The first-order valence-corrected chi connectivity index (χ1v) is 6.94. The maximum atomic E-state index is 12.7. The lowest BCUT2D eigenvalue weighted by molar-refractivity contribution is 0.0532. The minimum Gasteiger partial charge on any atom is -0.338 e. The maximum absolute atomic E-state index is 12.7. The Bertz CT molecular complexity index is 494. The lowest BCUT2D eigenvalue weighted by atomic mass is 9.79. The molecule has 0 aliphatic carbocycles. The normalized spacial score (nSPS) is 22.4. The van der Waals surface area contributed by atoms with Crippen molar-refractivity contribution in [1.29, 1.82) is 0 Å². The average molecular weight is 260 g/mol. The van der Waals surface area contributed by atoms with E-state index in [2.05, 4.69) is 13.8 Å². The first-order valence-electron chi connectivity index (χ1n) is 6.94. The highest BCUT2D eigenvalue weighted by atomic mass is 16.2. The van der Waals surface area contributed by atoms with Crippen molar-refractivity contribution in [1.82, 2.24) is 4.90 Å². The summed E-state index contributed by atoms with van der Waals surface area (Å²) in [4.78, 5) is 14.6. The van der Waals surface area contributed by atoms with Crippen molar-refractivity contribution < 1.29 is 4.79 Å². The third-order valence-corrected chi connectivity index (χ3v) is 4.43. The number of nitrogens with two attached hydrogens (primary N) is 1. The van der Waals surface area contributed by atoms with Gasteiger partial charge in [-0.3, -0.25) is 4.79 Å². The average Bonchev–Trinajstić information content (AvgIpc) is 2.35. The highest BCUT2D eigenvalue weighted by Crippen LogP contribution is 2.29. The molecule has 1 atom stereocenters. The summed E-state index contributed by atoms with van der Waals surface area (Å²) in [7, 11) is 0. The molecule has 0 bridgehead atoms. The quantitative estimate of drug-likeness (QED) is 0.843. The molecule has 1 aliphatic heterocycles.